The van der Waals surface area contributed by atoms with Gasteiger partial charge in [0.25, 0.3) is 0 Å². The first kappa shape index (κ1) is 13.0. The summed E-state index contributed by atoms with van der Waals surface area (Å²) in [6, 6.07) is 12.0. The minimum absolute atomic E-state index is 0.242. The van der Waals surface area contributed by atoms with Crippen molar-refractivity contribution in [3.63, 3.8) is 0 Å². The molecule has 0 heterocycles. The van der Waals surface area contributed by atoms with Gasteiger partial charge in [0, 0.05) is 0 Å². The van der Waals surface area contributed by atoms with Crippen LogP contribution >= 0.6 is 0 Å². The summed E-state index contributed by atoms with van der Waals surface area (Å²) in [6.07, 6.45) is 0. The third-order valence-corrected chi connectivity index (χ3v) is 2.84. The van der Waals surface area contributed by atoms with E-state index in [1.165, 1.54) is 5.56 Å². The lowest BCUT2D eigenvalue weighted by molar-refractivity contribution is 0.372. The van der Waals surface area contributed by atoms with Gasteiger partial charge >= 0.3 is 0 Å². The number of hydrogen-bond donors (Lipinski definition) is 0. The molecule has 0 amide bonds. The standard InChI is InChI=1S/C12H16.C2H6/c1-10(2)12(3,4)11-8-6-5-7-9-11;1-2/h6,8-10H,1-4H3;1-2H3. The minimum Gasteiger partial charge on any atom is -0.0702 e. The van der Waals surface area contributed by atoms with Crippen molar-refractivity contribution in [1.82, 2.24) is 0 Å². The van der Waals surface area contributed by atoms with Crippen LogP contribution in [0, 0.1) is 18.1 Å². The highest BCUT2D eigenvalue weighted by molar-refractivity contribution is 5.21. The maximum Gasteiger partial charge on any atom is -0.00740 e. The average molecular weight is 190 g/mol. The van der Waals surface area contributed by atoms with Crippen molar-refractivity contribution in [2.24, 2.45) is 5.92 Å². The van der Waals surface area contributed by atoms with Crippen molar-refractivity contribution in [2.75, 3.05) is 0 Å². The summed E-state index contributed by atoms with van der Waals surface area (Å²) in [7, 11) is 0. The summed E-state index contributed by atoms with van der Waals surface area (Å²) < 4.78 is 0. The van der Waals surface area contributed by atoms with Gasteiger partial charge in [-0.15, -0.1) is 0 Å². The Kier molecular flexibility index (Phi) is 5.31. The molecule has 14 heavy (non-hydrogen) atoms. The molecule has 0 atom stereocenters. The zero-order valence-electron chi connectivity index (χ0n) is 10.3. The van der Waals surface area contributed by atoms with E-state index in [9.17, 15) is 0 Å². The van der Waals surface area contributed by atoms with Crippen LogP contribution in [0.5, 0.6) is 0 Å². The Hall–Kier alpha value is -0.960. The van der Waals surface area contributed by atoms with Crippen LogP contribution in [-0.2, 0) is 5.41 Å². The fourth-order valence-corrected chi connectivity index (χ4v) is 1.08. The van der Waals surface area contributed by atoms with Gasteiger partial charge in [-0.25, -0.2) is 0 Å². The van der Waals surface area contributed by atoms with Gasteiger partial charge in [0.1, 0.15) is 0 Å². The molecule has 0 saturated heterocycles. The molecular weight excluding hydrogens is 168 g/mol. The largest absolute Gasteiger partial charge is 0.0702 e. The monoisotopic (exact) mass is 190 g/mol. The third-order valence-electron chi connectivity index (χ3n) is 2.84. The van der Waals surface area contributed by atoms with E-state index in [0.717, 1.165) is 0 Å². The van der Waals surface area contributed by atoms with E-state index in [-0.39, 0.29) is 5.41 Å². The van der Waals surface area contributed by atoms with E-state index < -0.39 is 0 Å². The van der Waals surface area contributed by atoms with E-state index in [0.29, 0.717) is 5.92 Å². The Morgan fingerprint density at radius 2 is 1.71 bits per heavy atom. The van der Waals surface area contributed by atoms with Gasteiger partial charge in [-0.1, -0.05) is 53.7 Å². The van der Waals surface area contributed by atoms with Crippen LogP contribution in [0.2, 0.25) is 0 Å². The van der Waals surface area contributed by atoms with E-state index in [1.807, 2.05) is 26.0 Å². The highest BCUT2D eigenvalue weighted by Crippen LogP contribution is 2.30. The Balaban J connectivity index is 0.000000791. The number of hydrogen-bond acceptors (Lipinski definition) is 0. The molecule has 0 aliphatic rings. The summed E-state index contributed by atoms with van der Waals surface area (Å²) in [5.41, 5.74) is 1.59. The molecule has 0 heteroatoms. The topological polar surface area (TPSA) is 0 Å². The molecule has 0 aliphatic carbocycles. The second-order valence-corrected chi connectivity index (χ2v) is 4.10. The van der Waals surface area contributed by atoms with E-state index in [2.05, 4.69) is 45.9 Å². The second kappa shape index (κ2) is 5.70. The molecule has 1 aromatic rings. The van der Waals surface area contributed by atoms with Gasteiger partial charge in [-0.05, 0) is 35.1 Å². The molecule has 0 bridgehead atoms. The van der Waals surface area contributed by atoms with E-state index >= 15 is 0 Å². The van der Waals surface area contributed by atoms with Gasteiger partial charge in [0.15, 0.2) is 0 Å². The van der Waals surface area contributed by atoms with E-state index in [1.54, 1.807) is 0 Å². The molecule has 0 saturated carbocycles. The molecular formula is C14H22. The molecule has 0 spiro atoms. The summed E-state index contributed by atoms with van der Waals surface area (Å²) in [4.78, 5) is 0. The van der Waals surface area contributed by atoms with Crippen molar-refractivity contribution in [3.05, 3.63) is 35.9 Å². The van der Waals surface area contributed by atoms with Crippen molar-refractivity contribution in [3.8, 4) is 0 Å². The molecule has 1 aromatic carbocycles. The van der Waals surface area contributed by atoms with Crippen LogP contribution in [0.15, 0.2) is 18.2 Å². The molecule has 0 unspecified atom stereocenters. The summed E-state index contributed by atoms with van der Waals surface area (Å²) in [6.45, 7) is 13.0. The van der Waals surface area contributed by atoms with Crippen LogP contribution < -0.4 is 0 Å². The van der Waals surface area contributed by atoms with Crippen molar-refractivity contribution in [1.29, 1.82) is 0 Å². The normalized spacial score (nSPS) is 10.2. The molecule has 0 aromatic heterocycles. The second-order valence-electron chi connectivity index (χ2n) is 4.10. The third kappa shape index (κ3) is 3.07. The smallest absolute Gasteiger partial charge is 0.00740 e. The molecule has 0 fully saturated rings. The van der Waals surface area contributed by atoms with Gasteiger partial charge in [0.2, 0.25) is 0 Å². The fourth-order valence-electron chi connectivity index (χ4n) is 1.08. The molecule has 0 aliphatic heterocycles. The lowest BCUT2D eigenvalue weighted by atomic mass is 9.75. The van der Waals surface area contributed by atoms with Gasteiger partial charge in [-0.3, -0.25) is 0 Å². The van der Waals surface area contributed by atoms with Crippen LogP contribution in [-0.4, -0.2) is 0 Å². The quantitative estimate of drug-likeness (QED) is 0.654. The van der Waals surface area contributed by atoms with Gasteiger partial charge < -0.3 is 0 Å². The predicted molar refractivity (Wildman–Crippen MR) is 63.3 cm³/mol. The van der Waals surface area contributed by atoms with Gasteiger partial charge in [0.05, 0.1) is 0 Å². The minimum atomic E-state index is 0.242. The summed E-state index contributed by atoms with van der Waals surface area (Å²) >= 11 is 0. The Morgan fingerprint density at radius 3 is 2.07 bits per heavy atom. The average Bonchev–Trinajstić information content (AvgIpc) is 2.22. The van der Waals surface area contributed by atoms with Crippen LogP contribution in [0.25, 0.3) is 0 Å². The van der Waals surface area contributed by atoms with Crippen LogP contribution in [0.4, 0.5) is 0 Å². The lowest BCUT2D eigenvalue weighted by Gasteiger charge is -2.29. The molecule has 0 nitrogen and oxygen atoms in total. The van der Waals surface area contributed by atoms with Crippen molar-refractivity contribution in [2.45, 2.75) is 47.0 Å². The maximum atomic E-state index is 3.00. The highest BCUT2D eigenvalue weighted by atomic mass is 14.3. The zero-order chi connectivity index (χ0) is 11.2. The zero-order valence-corrected chi connectivity index (χ0v) is 10.3. The fraction of sp³-hybridized carbons (Fsp3) is 0.571. The first-order chi connectivity index (χ1) is 6.55. The van der Waals surface area contributed by atoms with Crippen molar-refractivity contribution < 1.29 is 0 Å². The Morgan fingerprint density at radius 1 is 1.14 bits per heavy atom. The Labute approximate surface area is 89.4 Å². The van der Waals surface area contributed by atoms with Crippen LogP contribution in [0.3, 0.4) is 0 Å². The van der Waals surface area contributed by atoms with E-state index in [4.69, 9.17) is 0 Å². The van der Waals surface area contributed by atoms with Crippen LogP contribution in [0.1, 0.15) is 47.1 Å². The lowest BCUT2D eigenvalue weighted by Crippen LogP contribution is -2.23. The molecule has 1 rings (SSSR count). The summed E-state index contributed by atoms with van der Waals surface area (Å²) in [5, 5.41) is 0. The Bertz CT molecular complexity index is 231. The van der Waals surface area contributed by atoms with Crippen molar-refractivity contribution >= 4 is 0 Å². The SMILES string of the molecule is CC.CC(C)C(C)(C)c1cc#ccc1. The molecule has 0 N–H and O–H groups in total. The van der Waals surface area contributed by atoms with Gasteiger partial charge in [-0.2, -0.15) is 0 Å². The highest BCUT2D eigenvalue weighted by Gasteiger charge is 2.23. The first-order valence-electron chi connectivity index (χ1n) is 5.43. The first-order valence-corrected chi connectivity index (χ1v) is 5.43. The predicted octanol–water partition coefficient (Wildman–Crippen LogP) is 4.25. The summed E-state index contributed by atoms with van der Waals surface area (Å²) in [5.74, 6) is 0.647. The molecule has 0 radical (unpaired) electrons. The number of rotatable bonds is 2. The molecule has 78 valence electrons. The maximum absolute atomic E-state index is 3.00.